The van der Waals surface area contributed by atoms with Crippen LogP contribution in [0.4, 0.5) is 11.4 Å². The van der Waals surface area contributed by atoms with E-state index in [2.05, 4.69) is 9.98 Å². The van der Waals surface area contributed by atoms with Crippen molar-refractivity contribution in [2.24, 2.45) is 4.99 Å². The summed E-state index contributed by atoms with van der Waals surface area (Å²) in [6.45, 7) is 0. The molecule has 0 fully saturated rings. The number of carbonyl (C=O) groups is 2. The SMILES string of the molecule is Nc1cccc(C(=O)c2ccc3c(C=Nc4ccc(C(=O)NO)cc4)c(O)[nH]c3c2)c1. The van der Waals surface area contributed by atoms with Crippen molar-refractivity contribution in [3.8, 4) is 5.88 Å². The van der Waals surface area contributed by atoms with E-state index < -0.39 is 5.91 Å². The van der Waals surface area contributed by atoms with Gasteiger partial charge in [-0.2, -0.15) is 0 Å². The molecule has 154 valence electrons. The lowest BCUT2D eigenvalue weighted by atomic mass is 10.0. The number of nitrogens with two attached hydrogens (primary N) is 1. The van der Waals surface area contributed by atoms with Gasteiger partial charge in [0.2, 0.25) is 0 Å². The predicted molar refractivity (Wildman–Crippen MR) is 117 cm³/mol. The zero-order valence-electron chi connectivity index (χ0n) is 16.2. The van der Waals surface area contributed by atoms with Gasteiger partial charge >= 0.3 is 0 Å². The van der Waals surface area contributed by atoms with Crippen molar-refractivity contribution in [1.29, 1.82) is 0 Å². The Labute approximate surface area is 176 Å². The van der Waals surface area contributed by atoms with Crippen molar-refractivity contribution in [3.05, 3.63) is 89.0 Å². The first-order valence-electron chi connectivity index (χ1n) is 9.30. The minimum absolute atomic E-state index is 0.0800. The van der Waals surface area contributed by atoms with E-state index in [4.69, 9.17) is 10.9 Å². The number of fused-ring (bicyclic) bond motifs is 1. The van der Waals surface area contributed by atoms with Crippen molar-refractivity contribution >= 4 is 40.2 Å². The number of aromatic nitrogens is 1. The lowest BCUT2D eigenvalue weighted by Gasteiger charge is -2.03. The Morgan fingerprint density at radius 2 is 1.68 bits per heavy atom. The third-order valence-corrected chi connectivity index (χ3v) is 4.80. The van der Waals surface area contributed by atoms with Crippen LogP contribution in [0.25, 0.3) is 10.9 Å². The van der Waals surface area contributed by atoms with Crippen LogP contribution < -0.4 is 11.2 Å². The number of aliphatic imine (C=N–C) groups is 1. The summed E-state index contributed by atoms with van der Waals surface area (Å²) >= 11 is 0. The van der Waals surface area contributed by atoms with Crippen LogP contribution in [0.1, 0.15) is 31.8 Å². The Kier molecular flexibility index (Phi) is 5.21. The second-order valence-corrected chi connectivity index (χ2v) is 6.85. The van der Waals surface area contributed by atoms with Crippen LogP contribution >= 0.6 is 0 Å². The minimum atomic E-state index is -0.617. The maximum absolute atomic E-state index is 12.7. The quantitative estimate of drug-likeness (QED) is 0.112. The van der Waals surface area contributed by atoms with E-state index in [-0.39, 0.29) is 17.2 Å². The van der Waals surface area contributed by atoms with Crippen molar-refractivity contribution in [1.82, 2.24) is 10.5 Å². The number of anilines is 1. The molecule has 0 spiro atoms. The number of rotatable bonds is 5. The summed E-state index contributed by atoms with van der Waals surface area (Å²) in [5, 5.41) is 19.7. The topological polar surface area (TPSA) is 141 Å². The van der Waals surface area contributed by atoms with Gasteiger partial charge in [0.25, 0.3) is 5.91 Å². The summed E-state index contributed by atoms with van der Waals surface area (Å²) in [6, 6.07) is 18.1. The number of H-pyrrole nitrogens is 1. The van der Waals surface area contributed by atoms with E-state index in [1.165, 1.54) is 18.3 Å². The van der Waals surface area contributed by atoms with E-state index in [1.807, 2.05) is 0 Å². The summed E-state index contributed by atoms with van der Waals surface area (Å²) in [6.07, 6.45) is 1.49. The number of aromatic hydroxyl groups is 1. The van der Waals surface area contributed by atoms with E-state index in [1.54, 1.807) is 60.1 Å². The van der Waals surface area contributed by atoms with E-state index in [0.717, 1.165) is 0 Å². The molecule has 31 heavy (non-hydrogen) atoms. The molecule has 1 amide bonds. The van der Waals surface area contributed by atoms with Crippen LogP contribution in [-0.2, 0) is 0 Å². The number of ketones is 1. The summed E-state index contributed by atoms with van der Waals surface area (Å²) in [5.41, 5.74) is 10.7. The van der Waals surface area contributed by atoms with Gasteiger partial charge in [-0.05, 0) is 42.5 Å². The maximum Gasteiger partial charge on any atom is 0.274 e. The van der Waals surface area contributed by atoms with Crippen LogP contribution in [-0.4, -0.2) is 33.2 Å². The third-order valence-electron chi connectivity index (χ3n) is 4.80. The molecule has 4 rings (SSSR count). The Morgan fingerprint density at radius 3 is 2.39 bits per heavy atom. The number of carbonyl (C=O) groups excluding carboxylic acids is 2. The number of aromatic amines is 1. The molecular formula is C23H18N4O4. The fraction of sp³-hybridized carbons (Fsp3) is 0. The van der Waals surface area contributed by atoms with Crippen LogP contribution in [0.15, 0.2) is 71.7 Å². The first-order valence-corrected chi connectivity index (χ1v) is 9.30. The molecule has 1 aromatic heterocycles. The Hall–Kier alpha value is -4.43. The average Bonchev–Trinajstić information content (AvgIpc) is 3.11. The molecule has 3 aromatic carbocycles. The number of nitrogens with zero attached hydrogens (tertiary/aromatic N) is 1. The maximum atomic E-state index is 12.7. The van der Waals surface area contributed by atoms with Gasteiger partial charge in [0, 0.05) is 39.5 Å². The lowest BCUT2D eigenvalue weighted by Crippen LogP contribution is -2.18. The van der Waals surface area contributed by atoms with Gasteiger partial charge in [-0.15, -0.1) is 0 Å². The Morgan fingerprint density at radius 1 is 0.968 bits per heavy atom. The number of benzene rings is 3. The van der Waals surface area contributed by atoms with Gasteiger partial charge in [0.05, 0.1) is 11.3 Å². The zero-order valence-corrected chi connectivity index (χ0v) is 16.2. The Balaban J connectivity index is 1.62. The normalized spacial score (nSPS) is 11.1. The molecule has 0 unspecified atom stereocenters. The first-order chi connectivity index (χ1) is 15.0. The summed E-state index contributed by atoms with van der Waals surface area (Å²) in [4.78, 5) is 31.3. The molecule has 6 N–H and O–H groups in total. The van der Waals surface area contributed by atoms with E-state index >= 15 is 0 Å². The van der Waals surface area contributed by atoms with Crippen LogP contribution in [0, 0.1) is 0 Å². The van der Waals surface area contributed by atoms with Gasteiger partial charge < -0.3 is 15.8 Å². The van der Waals surface area contributed by atoms with Gasteiger partial charge in [-0.1, -0.05) is 24.3 Å². The molecule has 8 nitrogen and oxygen atoms in total. The second-order valence-electron chi connectivity index (χ2n) is 6.85. The highest BCUT2D eigenvalue weighted by Crippen LogP contribution is 2.28. The number of amides is 1. The highest BCUT2D eigenvalue weighted by atomic mass is 16.5. The standard InChI is InChI=1S/C23H18N4O4/c24-16-3-1-2-14(10-16)21(28)15-6-9-18-19(23(30)26-20(18)11-15)12-25-17-7-4-13(5-8-17)22(29)27-31/h1-12,26,30-31H,24H2,(H,27,29). The Bertz CT molecular complexity index is 1320. The molecule has 0 radical (unpaired) electrons. The number of hydrogen-bond donors (Lipinski definition) is 5. The highest BCUT2D eigenvalue weighted by molar-refractivity contribution is 6.12. The van der Waals surface area contributed by atoms with Crippen molar-refractivity contribution < 1.29 is 19.9 Å². The average molecular weight is 414 g/mol. The fourth-order valence-electron chi connectivity index (χ4n) is 3.23. The smallest absolute Gasteiger partial charge is 0.274 e. The summed E-state index contributed by atoms with van der Waals surface area (Å²) in [7, 11) is 0. The van der Waals surface area contributed by atoms with Gasteiger partial charge in [-0.3, -0.25) is 19.8 Å². The molecule has 0 atom stereocenters. The molecule has 0 bridgehead atoms. The second kappa shape index (κ2) is 8.13. The van der Waals surface area contributed by atoms with Gasteiger partial charge in [0.1, 0.15) is 0 Å². The number of hydrogen-bond acceptors (Lipinski definition) is 6. The van der Waals surface area contributed by atoms with E-state index in [9.17, 15) is 14.7 Å². The van der Waals surface area contributed by atoms with Gasteiger partial charge in [0.15, 0.2) is 11.7 Å². The summed E-state index contributed by atoms with van der Waals surface area (Å²) < 4.78 is 0. The highest BCUT2D eigenvalue weighted by Gasteiger charge is 2.14. The number of nitrogens with one attached hydrogen (secondary N) is 2. The summed E-state index contributed by atoms with van der Waals surface area (Å²) in [5.74, 6) is -0.873. The number of hydroxylamine groups is 1. The van der Waals surface area contributed by atoms with E-state index in [0.29, 0.717) is 39.0 Å². The van der Waals surface area contributed by atoms with Crippen LogP contribution in [0.2, 0.25) is 0 Å². The van der Waals surface area contributed by atoms with Crippen molar-refractivity contribution in [2.75, 3.05) is 5.73 Å². The molecule has 0 aliphatic carbocycles. The lowest BCUT2D eigenvalue weighted by molar-refractivity contribution is 0.0706. The molecule has 0 aliphatic rings. The molecule has 1 heterocycles. The van der Waals surface area contributed by atoms with Crippen LogP contribution in [0.5, 0.6) is 5.88 Å². The van der Waals surface area contributed by atoms with Gasteiger partial charge in [-0.25, -0.2) is 5.48 Å². The zero-order chi connectivity index (χ0) is 22.0. The van der Waals surface area contributed by atoms with Crippen molar-refractivity contribution in [2.45, 2.75) is 0 Å². The third kappa shape index (κ3) is 4.00. The van der Waals surface area contributed by atoms with Crippen molar-refractivity contribution in [3.63, 3.8) is 0 Å². The van der Waals surface area contributed by atoms with Crippen LogP contribution in [0.3, 0.4) is 0 Å². The molecule has 0 saturated heterocycles. The molecule has 8 heteroatoms. The molecule has 0 aliphatic heterocycles. The minimum Gasteiger partial charge on any atom is -0.494 e. The monoisotopic (exact) mass is 414 g/mol. The predicted octanol–water partition coefficient (Wildman–Crippen LogP) is 3.56. The molecule has 0 saturated carbocycles. The molecule has 4 aromatic rings. The first kappa shape index (κ1) is 19.9. The largest absolute Gasteiger partial charge is 0.494 e. The molecular weight excluding hydrogens is 396 g/mol. The fourth-order valence-corrected chi connectivity index (χ4v) is 3.23. The number of nitrogen functional groups attached to an aromatic ring is 1.